The fourth-order valence-corrected chi connectivity index (χ4v) is 1.07. The summed E-state index contributed by atoms with van der Waals surface area (Å²) in [6.07, 6.45) is 1.77. The zero-order chi connectivity index (χ0) is 12.7. The van der Waals surface area contributed by atoms with Gasteiger partial charge < -0.3 is 4.74 Å². The molecular formula is C11H15N3O3. The van der Waals surface area contributed by atoms with E-state index in [1.807, 2.05) is 6.92 Å². The number of carbonyl (C=O) groups is 2. The Morgan fingerprint density at radius 2 is 2.12 bits per heavy atom. The van der Waals surface area contributed by atoms with Crippen molar-refractivity contribution < 1.29 is 14.3 Å². The Morgan fingerprint density at radius 1 is 1.35 bits per heavy atom. The maximum Gasteiger partial charge on any atom is 0.288 e. The molecule has 6 heteroatoms. The normalized spacial score (nSPS) is 9.53. The first-order chi connectivity index (χ1) is 8.17. The Kier molecular flexibility index (Phi) is 4.93. The second-order valence-electron chi connectivity index (χ2n) is 3.17. The first-order valence-corrected chi connectivity index (χ1v) is 5.35. The average Bonchev–Trinajstić information content (AvgIpc) is 2.36. The lowest BCUT2D eigenvalue weighted by Crippen LogP contribution is -2.41. The van der Waals surface area contributed by atoms with E-state index in [4.69, 9.17) is 4.74 Å². The van der Waals surface area contributed by atoms with Crippen molar-refractivity contribution in [3.05, 3.63) is 24.0 Å². The summed E-state index contributed by atoms with van der Waals surface area (Å²) in [4.78, 5) is 26.4. The molecule has 0 aliphatic carbocycles. The molecule has 0 atom stereocenters. The van der Waals surface area contributed by atoms with Crippen LogP contribution in [0.15, 0.2) is 18.3 Å². The zero-order valence-electron chi connectivity index (χ0n) is 9.82. The van der Waals surface area contributed by atoms with E-state index < -0.39 is 5.91 Å². The minimum Gasteiger partial charge on any atom is -0.494 e. The molecule has 0 aliphatic heterocycles. The van der Waals surface area contributed by atoms with Crippen LogP contribution in [0.4, 0.5) is 0 Å². The van der Waals surface area contributed by atoms with Crippen molar-refractivity contribution in [1.82, 2.24) is 15.8 Å². The molecule has 1 heterocycles. The van der Waals surface area contributed by atoms with Crippen LogP contribution >= 0.6 is 0 Å². The SMILES string of the molecule is CCOc1ccnc(C(=O)NNC(=O)CC)c1. The highest BCUT2D eigenvalue weighted by Gasteiger charge is 2.08. The summed E-state index contributed by atoms with van der Waals surface area (Å²) < 4.78 is 5.24. The van der Waals surface area contributed by atoms with Crippen molar-refractivity contribution in [1.29, 1.82) is 0 Å². The lowest BCUT2D eigenvalue weighted by Gasteiger charge is -2.07. The predicted molar refractivity (Wildman–Crippen MR) is 61.3 cm³/mol. The van der Waals surface area contributed by atoms with Gasteiger partial charge in [0, 0.05) is 18.7 Å². The molecule has 6 nitrogen and oxygen atoms in total. The van der Waals surface area contributed by atoms with Crippen LogP contribution < -0.4 is 15.6 Å². The predicted octanol–water partition coefficient (Wildman–Crippen LogP) is 0.651. The van der Waals surface area contributed by atoms with Gasteiger partial charge in [-0.1, -0.05) is 6.92 Å². The number of aromatic nitrogens is 1. The third kappa shape index (κ3) is 4.10. The molecule has 0 aromatic carbocycles. The van der Waals surface area contributed by atoms with Gasteiger partial charge in [-0.25, -0.2) is 0 Å². The van der Waals surface area contributed by atoms with E-state index in [0.29, 0.717) is 18.8 Å². The number of carbonyl (C=O) groups excluding carboxylic acids is 2. The number of hydrogen-bond donors (Lipinski definition) is 2. The van der Waals surface area contributed by atoms with Crippen molar-refractivity contribution in [3.63, 3.8) is 0 Å². The van der Waals surface area contributed by atoms with Crippen LogP contribution in [0.3, 0.4) is 0 Å². The quantitative estimate of drug-likeness (QED) is 0.753. The van der Waals surface area contributed by atoms with Crippen molar-refractivity contribution >= 4 is 11.8 Å². The summed E-state index contributed by atoms with van der Waals surface area (Å²) in [5.74, 6) is -0.179. The van der Waals surface area contributed by atoms with Crippen molar-refractivity contribution in [2.24, 2.45) is 0 Å². The monoisotopic (exact) mass is 237 g/mol. The molecule has 92 valence electrons. The van der Waals surface area contributed by atoms with Crippen LogP contribution in [0.1, 0.15) is 30.8 Å². The zero-order valence-corrected chi connectivity index (χ0v) is 9.82. The van der Waals surface area contributed by atoms with Gasteiger partial charge in [0.05, 0.1) is 6.61 Å². The maximum absolute atomic E-state index is 11.6. The Hall–Kier alpha value is -2.11. The van der Waals surface area contributed by atoms with Gasteiger partial charge >= 0.3 is 0 Å². The summed E-state index contributed by atoms with van der Waals surface area (Å²) in [5, 5.41) is 0. The minimum absolute atomic E-state index is 0.187. The van der Waals surface area contributed by atoms with Crippen LogP contribution in [0, 0.1) is 0 Å². The molecule has 0 radical (unpaired) electrons. The summed E-state index contributed by atoms with van der Waals surface area (Å²) in [7, 11) is 0. The molecule has 17 heavy (non-hydrogen) atoms. The largest absolute Gasteiger partial charge is 0.494 e. The Balaban J connectivity index is 2.62. The summed E-state index contributed by atoms with van der Waals surface area (Å²) in [6, 6.07) is 3.17. The summed E-state index contributed by atoms with van der Waals surface area (Å²) >= 11 is 0. The maximum atomic E-state index is 11.6. The van der Waals surface area contributed by atoms with Gasteiger partial charge in [-0.15, -0.1) is 0 Å². The van der Waals surface area contributed by atoms with E-state index in [1.54, 1.807) is 13.0 Å². The van der Waals surface area contributed by atoms with E-state index in [-0.39, 0.29) is 11.6 Å². The fourth-order valence-electron chi connectivity index (χ4n) is 1.07. The molecule has 2 N–H and O–H groups in total. The summed E-state index contributed by atoms with van der Waals surface area (Å²) in [5.41, 5.74) is 4.71. The first-order valence-electron chi connectivity index (χ1n) is 5.35. The van der Waals surface area contributed by atoms with Crippen molar-refractivity contribution in [2.45, 2.75) is 20.3 Å². The molecule has 2 amide bonds. The topological polar surface area (TPSA) is 80.3 Å². The number of hydrazine groups is 1. The van der Waals surface area contributed by atoms with E-state index in [1.165, 1.54) is 12.3 Å². The third-order valence-electron chi connectivity index (χ3n) is 1.91. The van der Waals surface area contributed by atoms with Gasteiger partial charge in [0.15, 0.2) is 0 Å². The molecule has 0 unspecified atom stereocenters. The third-order valence-corrected chi connectivity index (χ3v) is 1.91. The smallest absolute Gasteiger partial charge is 0.288 e. The van der Waals surface area contributed by atoms with E-state index >= 15 is 0 Å². The molecule has 0 saturated carbocycles. The molecule has 0 fully saturated rings. The highest BCUT2D eigenvalue weighted by Crippen LogP contribution is 2.10. The van der Waals surface area contributed by atoms with Gasteiger partial charge in [-0.3, -0.25) is 25.4 Å². The number of rotatable bonds is 4. The van der Waals surface area contributed by atoms with Crippen LogP contribution in [-0.2, 0) is 4.79 Å². The van der Waals surface area contributed by atoms with Crippen LogP contribution in [-0.4, -0.2) is 23.4 Å². The number of amides is 2. The number of ether oxygens (including phenoxy) is 1. The lowest BCUT2D eigenvalue weighted by atomic mass is 10.3. The molecule has 0 bridgehead atoms. The van der Waals surface area contributed by atoms with Gasteiger partial charge in [-0.2, -0.15) is 0 Å². The highest BCUT2D eigenvalue weighted by molar-refractivity contribution is 5.93. The highest BCUT2D eigenvalue weighted by atomic mass is 16.5. The van der Waals surface area contributed by atoms with Gasteiger partial charge in [-0.05, 0) is 13.0 Å². The molecular weight excluding hydrogens is 222 g/mol. The van der Waals surface area contributed by atoms with Gasteiger partial charge in [0.1, 0.15) is 11.4 Å². The van der Waals surface area contributed by atoms with Gasteiger partial charge in [0.2, 0.25) is 5.91 Å². The molecule has 1 rings (SSSR count). The standard InChI is InChI=1S/C11H15N3O3/c1-3-10(15)13-14-11(16)9-7-8(17-4-2)5-6-12-9/h5-7H,3-4H2,1-2H3,(H,13,15)(H,14,16). The van der Waals surface area contributed by atoms with E-state index in [9.17, 15) is 9.59 Å². The van der Waals surface area contributed by atoms with Crippen LogP contribution in [0.5, 0.6) is 5.75 Å². The minimum atomic E-state index is -0.478. The molecule has 0 spiro atoms. The molecule has 1 aromatic heterocycles. The van der Waals surface area contributed by atoms with E-state index in [0.717, 1.165) is 0 Å². The molecule has 0 aliphatic rings. The first kappa shape index (κ1) is 13.0. The van der Waals surface area contributed by atoms with Gasteiger partial charge in [0.25, 0.3) is 5.91 Å². The number of pyridine rings is 1. The Bertz CT molecular complexity index is 407. The second kappa shape index (κ2) is 6.47. The Labute approximate surface area is 99.3 Å². The number of hydrogen-bond acceptors (Lipinski definition) is 4. The lowest BCUT2D eigenvalue weighted by molar-refractivity contribution is -0.121. The van der Waals surface area contributed by atoms with Crippen molar-refractivity contribution in [2.75, 3.05) is 6.61 Å². The fraction of sp³-hybridized carbons (Fsp3) is 0.364. The number of nitrogens with one attached hydrogen (secondary N) is 2. The summed E-state index contributed by atoms with van der Waals surface area (Å²) in [6.45, 7) is 4.05. The molecule has 0 saturated heterocycles. The van der Waals surface area contributed by atoms with Crippen molar-refractivity contribution in [3.8, 4) is 5.75 Å². The van der Waals surface area contributed by atoms with Crippen LogP contribution in [0.25, 0.3) is 0 Å². The number of nitrogens with zero attached hydrogens (tertiary/aromatic N) is 1. The average molecular weight is 237 g/mol. The molecule has 1 aromatic rings. The second-order valence-corrected chi connectivity index (χ2v) is 3.17. The Morgan fingerprint density at radius 3 is 2.76 bits per heavy atom. The van der Waals surface area contributed by atoms with E-state index in [2.05, 4.69) is 15.8 Å². The van der Waals surface area contributed by atoms with Crippen LogP contribution in [0.2, 0.25) is 0 Å².